The minimum atomic E-state index is 0.00896. The van der Waals surface area contributed by atoms with E-state index in [0.717, 1.165) is 10.2 Å². The normalized spacial score (nSPS) is 11.3. The van der Waals surface area contributed by atoms with Crippen LogP contribution in [0.15, 0.2) is 55.1 Å². The molecule has 0 spiro atoms. The molecule has 146 valence electrons. The first-order chi connectivity index (χ1) is 14.0. The molecular weight excluding hydrogens is 529 g/mol. The Morgan fingerprint density at radius 3 is 2.59 bits per heavy atom. The zero-order valence-electron chi connectivity index (χ0n) is 14.3. The van der Waals surface area contributed by atoms with Crippen molar-refractivity contribution in [2.45, 2.75) is 0 Å². The van der Waals surface area contributed by atoms with Crippen molar-refractivity contribution in [3.05, 3.63) is 55.9 Å². The number of rotatable bonds is 5. The molecule has 9 nitrogen and oxygen atoms in total. The molecule has 0 fully saturated rings. The van der Waals surface area contributed by atoms with Gasteiger partial charge in [0.05, 0.1) is 10.7 Å². The third-order valence-corrected chi connectivity index (χ3v) is 4.95. The first-order valence-electron chi connectivity index (χ1n) is 7.99. The Balaban J connectivity index is 1.65. The predicted octanol–water partition coefficient (Wildman–Crippen LogP) is 5.09. The number of halogens is 3. The van der Waals surface area contributed by atoms with Crippen LogP contribution in [0.5, 0.6) is 5.75 Å². The number of hydrogen-bond donors (Lipinski definition) is 3. The zero-order chi connectivity index (χ0) is 20.4. The molecule has 0 unspecified atom stereocenters. The van der Waals surface area contributed by atoms with Gasteiger partial charge in [0.2, 0.25) is 11.3 Å². The lowest BCUT2D eigenvalue weighted by Gasteiger charge is -2.09. The van der Waals surface area contributed by atoms with E-state index in [1.165, 1.54) is 6.21 Å². The molecule has 12 heteroatoms. The number of benzene rings is 2. The van der Waals surface area contributed by atoms with E-state index in [1.54, 1.807) is 12.1 Å². The fourth-order valence-electron chi connectivity index (χ4n) is 2.35. The molecule has 0 amide bonds. The summed E-state index contributed by atoms with van der Waals surface area (Å²) in [6.45, 7) is 0. The Morgan fingerprint density at radius 2 is 1.83 bits per heavy atom. The van der Waals surface area contributed by atoms with Crippen molar-refractivity contribution < 1.29 is 9.74 Å². The number of hydrogen-bond acceptors (Lipinski definition) is 9. The highest BCUT2D eigenvalue weighted by Gasteiger charge is 2.13. The Hall–Kier alpha value is -2.76. The summed E-state index contributed by atoms with van der Waals surface area (Å²) >= 11 is 12.7. The Labute approximate surface area is 185 Å². The third kappa shape index (κ3) is 4.47. The number of fused-ring (bicyclic) bond motifs is 1. The van der Waals surface area contributed by atoms with Crippen molar-refractivity contribution >= 4 is 78.3 Å². The third-order valence-electron chi connectivity index (χ3n) is 3.63. The number of phenolic OH excluding ortho intramolecular Hbond substituents is 1. The molecule has 2 aromatic carbocycles. The lowest BCUT2D eigenvalue weighted by atomic mass is 10.2. The van der Waals surface area contributed by atoms with Gasteiger partial charge in [0.1, 0.15) is 5.75 Å². The first kappa shape index (κ1) is 19.6. The first-order valence-corrected chi connectivity index (χ1v) is 9.96. The second-order valence-electron chi connectivity index (χ2n) is 5.66. The molecule has 4 rings (SSSR count). The largest absolute Gasteiger partial charge is 0.506 e. The highest BCUT2D eigenvalue weighted by Crippen LogP contribution is 2.30. The van der Waals surface area contributed by atoms with Gasteiger partial charge in [0.15, 0.2) is 11.6 Å². The van der Waals surface area contributed by atoms with Gasteiger partial charge in [-0.2, -0.15) is 10.1 Å². The van der Waals surface area contributed by atoms with Crippen molar-refractivity contribution in [2.75, 3.05) is 10.7 Å². The smallest absolute Gasteiger partial charge is 0.245 e. The number of aromatic nitrogens is 4. The number of nitrogens with zero attached hydrogens (tertiary/aromatic N) is 5. The zero-order valence-corrected chi connectivity index (χ0v) is 18.2. The summed E-state index contributed by atoms with van der Waals surface area (Å²) in [5.74, 6) is 0.652. The summed E-state index contributed by atoms with van der Waals surface area (Å²) in [4.78, 5) is 8.68. The molecule has 29 heavy (non-hydrogen) atoms. The summed E-state index contributed by atoms with van der Waals surface area (Å²) in [6.07, 6.45) is 1.40. The average molecular weight is 540 g/mol. The maximum absolute atomic E-state index is 10.1. The van der Waals surface area contributed by atoms with E-state index >= 15 is 0 Å². The number of phenols is 1. The summed E-state index contributed by atoms with van der Waals surface area (Å²) in [5.41, 5.74) is 4.43. The number of nitrogens with one attached hydrogen (secondary N) is 2. The second-order valence-corrected chi connectivity index (χ2v) is 7.87. The molecule has 2 aromatic heterocycles. The van der Waals surface area contributed by atoms with Crippen LogP contribution < -0.4 is 10.7 Å². The van der Waals surface area contributed by atoms with E-state index in [4.69, 9.17) is 11.6 Å². The molecule has 0 atom stereocenters. The van der Waals surface area contributed by atoms with Crippen LogP contribution in [0.4, 0.5) is 17.3 Å². The van der Waals surface area contributed by atoms with Crippen LogP contribution >= 0.6 is 43.5 Å². The highest BCUT2D eigenvalue weighted by atomic mass is 79.9. The van der Waals surface area contributed by atoms with Crippen LogP contribution in [-0.4, -0.2) is 31.6 Å². The lowest BCUT2D eigenvalue weighted by molar-refractivity contribution is 0.314. The molecule has 0 aliphatic rings. The van der Waals surface area contributed by atoms with Gasteiger partial charge in [-0.15, -0.1) is 0 Å². The number of hydrazone groups is 1. The molecular formula is C17H10Br2ClN7O2. The SMILES string of the molecule is Oc1c(Br)cc(Cl)cc1/C=N\Nc1nc2nonc2nc1Nc1cccc(Br)c1. The average Bonchev–Trinajstić information content (AvgIpc) is 3.13. The van der Waals surface area contributed by atoms with Crippen molar-refractivity contribution in [3.63, 3.8) is 0 Å². The topological polar surface area (TPSA) is 121 Å². The van der Waals surface area contributed by atoms with Gasteiger partial charge in [-0.3, -0.25) is 5.43 Å². The summed E-state index contributed by atoms with van der Waals surface area (Å²) in [5, 5.41) is 25.2. The summed E-state index contributed by atoms with van der Waals surface area (Å²) < 4.78 is 6.03. The van der Waals surface area contributed by atoms with E-state index in [1.807, 2.05) is 24.3 Å². The van der Waals surface area contributed by atoms with Crippen molar-refractivity contribution in [3.8, 4) is 5.75 Å². The Kier molecular flexibility index (Phi) is 5.60. The number of aromatic hydroxyl groups is 1. The molecule has 2 heterocycles. The summed E-state index contributed by atoms with van der Waals surface area (Å²) in [6, 6.07) is 10.7. The van der Waals surface area contributed by atoms with Gasteiger partial charge in [-0.05, 0) is 56.6 Å². The maximum Gasteiger partial charge on any atom is 0.245 e. The van der Waals surface area contributed by atoms with Crippen LogP contribution in [-0.2, 0) is 0 Å². The molecule has 3 N–H and O–H groups in total. The van der Waals surface area contributed by atoms with Gasteiger partial charge in [-0.1, -0.05) is 33.6 Å². The monoisotopic (exact) mass is 537 g/mol. The van der Waals surface area contributed by atoms with E-state index in [2.05, 4.69) is 72.6 Å². The molecule has 0 aliphatic carbocycles. The minimum absolute atomic E-state index is 0.00896. The van der Waals surface area contributed by atoms with E-state index in [-0.39, 0.29) is 22.9 Å². The van der Waals surface area contributed by atoms with Gasteiger partial charge in [-0.25, -0.2) is 9.61 Å². The standard InChI is InChI=1S/C17H10Br2ClN7O2/c18-9-2-1-3-11(5-9)22-14-15(24-17-16(23-14)26-29-27-17)25-21-7-8-4-10(20)6-12(19)13(8)28/h1-7,28H,(H,22,23,26)(H,24,25,27)/b21-7-. The minimum Gasteiger partial charge on any atom is -0.506 e. The van der Waals surface area contributed by atoms with Gasteiger partial charge >= 0.3 is 0 Å². The van der Waals surface area contributed by atoms with Crippen molar-refractivity contribution in [1.82, 2.24) is 20.3 Å². The van der Waals surface area contributed by atoms with Crippen molar-refractivity contribution in [2.24, 2.45) is 5.10 Å². The molecule has 0 bridgehead atoms. The van der Waals surface area contributed by atoms with Crippen LogP contribution in [0.3, 0.4) is 0 Å². The molecule has 4 aromatic rings. The van der Waals surface area contributed by atoms with E-state index in [0.29, 0.717) is 20.9 Å². The summed E-state index contributed by atoms with van der Waals surface area (Å²) in [7, 11) is 0. The quantitative estimate of drug-likeness (QED) is 0.237. The molecule has 0 radical (unpaired) electrons. The molecule has 0 saturated heterocycles. The van der Waals surface area contributed by atoms with Crippen LogP contribution in [0.25, 0.3) is 11.3 Å². The Morgan fingerprint density at radius 1 is 1.07 bits per heavy atom. The fraction of sp³-hybridized carbons (Fsp3) is 0. The van der Waals surface area contributed by atoms with Crippen LogP contribution in [0.2, 0.25) is 5.02 Å². The predicted molar refractivity (Wildman–Crippen MR) is 117 cm³/mol. The van der Waals surface area contributed by atoms with Gasteiger partial charge in [0.25, 0.3) is 0 Å². The van der Waals surface area contributed by atoms with E-state index in [9.17, 15) is 5.11 Å². The van der Waals surface area contributed by atoms with Crippen molar-refractivity contribution in [1.29, 1.82) is 0 Å². The van der Waals surface area contributed by atoms with Gasteiger partial charge in [0, 0.05) is 20.7 Å². The van der Waals surface area contributed by atoms with Crippen LogP contribution in [0, 0.1) is 0 Å². The number of anilines is 3. The molecule has 0 aliphatic heterocycles. The lowest BCUT2D eigenvalue weighted by Crippen LogP contribution is -2.03. The van der Waals surface area contributed by atoms with E-state index < -0.39 is 0 Å². The highest BCUT2D eigenvalue weighted by molar-refractivity contribution is 9.10. The maximum atomic E-state index is 10.1. The molecule has 0 saturated carbocycles. The van der Waals surface area contributed by atoms with Crippen LogP contribution in [0.1, 0.15) is 5.56 Å². The second kappa shape index (κ2) is 8.31. The Bertz CT molecular complexity index is 1230. The van der Waals surface area contributed by atoms with Gasteiger partial charge < -0.3 is 10.4 Å². The fourth-order valence-corrected chi connectivity index (χ4v) is 3.59.